The molecule has 2 aliphatic rings. The van der Waals surface area contributed by atoms with E-state index in [1.807, 2.05) is 36.9 Å². The highest BCUT2D eigenvalue weighted by molar-refractivity contribution is 5.96. The van der Waals surface area contributed by atoms with Crippen LogP contribution in [0.3, 0.4) is 0 Å². The molecule has 2 amide bonds. The van der Waals surface area contributed by atoms with Gasteiger partial charge >= 0.3 is 0 Å². The van der Waals surface area contributed by atoms with Gasteiger partial charge in [-0.15, -0.1) is 0 Å². The fourth-order valence-corrected chi connectivity index (χ4v) is 4.39. The van der Waals surface area contributed by atoms with E-state index in [2.05, 4.69) is 5.32 Å². The van der Waals surface area contributed by atoms with Crippen LogP contribution in [0.1, 0.15) is 41.3 Å². The number of carbonyl (C=O) groups is 2. The molecule has 1 aromatic carbocycles. The SMILES string of the molecule is CO[C@@H]1C[C@H]2CN(C(=O)c3cc(C)ccc3C)C[C@H]2C[C@H]1NC(C)=O. The van der Waals surface area contributed by atoms with Gasteiger partial charge in [0, 0.05) is 32.7 Å². The summed E-state index contributed by atoms with van der Waals surface area (Å²) in [6.45, 7) is 7.10. The molecule has 5 heteroatoms. The van der Waals surface area contributed by atoms with E-state index < -0.39 is 0 Å². The summed E-state index contributed by atoms with van der Waals surface area (Å²) in [5, 5.41) is 3.02. The van der Waals surface area contributed by atoms with Crippen LogP contribution in [0.4, 0.5) is 0 Å². The molecule has 1 aliphatic heterocycles. The van der Waals surface area contributed by atoms with Crippen LogP contribution < -0.4 is 5.32 Å². The molecule has 1 aromatic rings. The third-order valence-electron chi connectivity index (χ3n) is 5.72. The molecule has 1 saturated heterocycles. The van der Waals surface area contributed by atoms with E-state index in [0.29, 0.717) is 11.8 Å². The Morgan fingerprint density at radius 3 is 2.48 bits per heavy atom. The van der Waals surface area contributed by atoms with Gasteiger partial charge in [0.2, 0.25) is 5.91 Å². The molecule has 0 radical (unpaired) electrons. The number of rotatable bonds is 3. The summed E-state index contributed by atoms with van der Waals surface area (Å²) in [5.74, 6) is 0.980. The molecule has 1 saturated carbocycles. The molecule has 3 rings (SSSR count). The predicted molar refractivity (Wildman–Crippen MR) is 96.4 cm³/mol. The minimum atomic E-state index is -0.0215. The van der Waals surface area contributed by atoms with Crippen LogP contribution in [0.15, 0.2) is 18.2 Å². The van der Waals surface area contributed by atoms with Crippen molar-refractivity contribution in [3.05, 3.63) is 34.9 Å². The number of likely N-dealkylation sites (tertiary alicyclic amines) is 1. The lowest BCUT2D eigenvalue weighted by Crippen LogP contribution is -2.49. The summed E-state index contributed by atoms with van der Waals surface area (Å²) in [5.41, 5.74) is 2.94. The fourth-order valence-electron chi connectivity index (χ4n) is 4.39. The zero-order valence-electron chi connectivity index (χ0n) is 15.5. The summed E-state index contributed by atoms with van der Waals surface area (Å²) in [6.07, 6.45) is 1.79. The normalized spacial score (nSPS) is 28.6. The second kappa shape index (κ2) is 7.16. The van der Waals surface area contributed by atoms with Crippen molar-refractivity contribution in [2.24, 2.45) is 11.8 Å². The average molecular weight is 344 g/mol. The van der Waals surface area contributed by atoms with Gasteiger partial charge in [0.05, 0.1) is 12.1 Å². The van der Waals surface area contributed by atoms with E-state index in [0.717, 1.165) is 42.6 Å². The Balaban J connectivity index is 1.73. The van der Waals surface area contributed by atoms with Crippen LogP contribution in [0.25, 0.3) is 0 Å². The molecule has 136 valence electrons. The number of benzene rings is 1. The topological polar surface area (TPSA) is 58.6 Å². The van der Waals surface area contributed by atoms with Crippen molar-refractivity contribution in [2.75, 3.05) is 20.2 Å². The van der Waals surface area contributed by atoms with Crippen LogP contribution in [0, 0.1) is 25.7 Å². The standard InChI is InChI=1S/C20H28N2O3/c1-12-5-6-13(2)17(7-12)20(24)22-10-15-8-18(21-14(3)23)19(25-4)9-16(15)11-22/h5-7,15-16,18-19H,8-11H2,1-4H3,(H,21,23)/t15-,16+,18-,19-/m1/s1. The van der Waals surface area contributed by atoms with Gasteiger partial charge in [0.15, 0.2) is 0 Å². The number of methoxy groups -OCH3 is 1. The molecule has 0 bridgehead atoms. The number of hydrogen-bond donors (Lipinski definition) is 1. The van der Waals surface area contributed by atoms with Gasteiger partial charge < -0.3 is 15.0 Å². The first-order valence-corrected chi connectivity index (χ1v) is 9.05. The van der Waals surface area contributed by atoms with Gasteiger partial charge in [-0.25, -0.2) is 0 Å². The molecule has 1 N–H and O–H groups in total. The van der Waals surface area contributed by atoms with Crippen molar-refractivity contribution < 1.29 is 14.3 Å². The first kappa shape index (κ1) is 17.9. The van der Waals surface area contributed by atoms with Gasteiger partial charge in [0.1, 0.15) is 0 Å². The summed E-state index contributed by atoms with van der Waals surface area (Å²) in [4.78, 5) is 26.4. The second-order valence-electron chi connectivity index (χ2n) is 7.60. The van der Waals surface area contributed by atoms with Crippen molar-refractivity contribution in [1.29, 1.82) is 0 Å². The van der Waals surface area contributed by atoms with Crippen molar-refractivity contribution in [3.8, 4) is 0 Å². The van der Waals surface area contributed by atoms with Gasteiger partial charge in [-0.1, -0.05) is 17.7 Å². The number of amides is 2. The fraction of sp³-hybridized carbons (Fsp3) is 0.600. The van der Waals surface area contributed by atoms with E-state index >= 15 is 0 Å². The van der Waals surface area contributed by atoms with E-state index in [-0.39, 0.29) is 24.0 Å². The van der Waals surface area contributed by atoms with Crippen LogP contribution in [-0.4, -0.2) is 49.1 Å². The second-order valence-corrected chi connectivity index (χ2v) is 7.60. The molecule has 1 aliphatic carbocycles. The highest BCUT2D eigenvalue weighted by atomic mass is 16.5. The Labute approximate surface area is 149 Å². The molecule has 0 spiro atoms. The molecule has 5 nitrogen and oxygen atoms in total. The number of nitrogens with zero attached hydrogens (tertiary/aromatic N) is 1. The van der Waals surface area contributed by atoms with Crippen LogP contribution in [-0.2, 0) is 9.53 Å². The quantitative estimate of drug-likeness (QED) is 0.915. The van der Waals surface area contributed by atoms with Gasteiger partial charge in [0.25, 0.3) is 5.91 Å². The van der Waals surface area contributed by atoms with Gasteiger partial charge in [-0.2, -0.15) is 0 Å². The third kappa shape index (κ3) is 3.71. The van der Waals surface area contributed by atoms with Crippen molar-refractivity contribution >= 4 is 11.8 Å². The van der Waals surface area contributed by atoms with Gasteiger partial charge in [-0.05, 0) is 50.2 Å². The van der Waals surface area contributed by atoms with Gasteiger partial charge in [-0.3, -0.25) is 9.59 Å². The molecule has 0 aromatic heterocycles. The summed E-state index contributed by atoms with van der Waals surface area (Å²) >= 11 is 0. The maximum absolute atomic E-state index is 13.0. The lowest BCUT2D eigenvalue weighted by atomic mass is 9.77. The molecule has 1 heterocycles. The molecule has 2 fully saturated rings. The zero-order chi connectivity index (χ0) is 18.1. The largest absolute Gasteiger partial charge is 0.379 e. The molecule has 0 unspecified atom stereocenters. The zero-order valence-corrected chi connectivity index (χ0v) is 15.5. The summed E-state index contributed by atoms with van der Waals surface area (Å²) in [7, 11) is 1.70. The number of fused-ring (bicyclic) bond motifs is 1. The van der Waals surface area contributed by atoms with Crippen molar-refractivity contribution in [1.82, 2.24) is 10.2 Å². The molecular weight excluding hydrogens is 316 g/mol. The lowest BCUT2D eigenvalue weighted by Gasteiger charge is -2.37. The minimum Gasteiger partial charge on any atom is -0.379 e. The summed E-state index contributed by atoms with van der Waals surface area (Å²) < 4.78 is 5.61. The Bertz CT molecular complexity index is 673. The van der Waals surface area contributed by atoms with Crippen molar-refractivity contribution in [2.45, 2.75) is 45.8 Å². The number of ether oxygens (including phenoxy) is 1. The smallest absolute Gasteiger partial charge is 0.254 e. The van der Waals surface area contributed by atoms with E-state index in [9.17, 15) is 9.59 Å². The Morgan fingerprint density at radius 2 is 1.84 bits per heavy atom. The van der Waals surface area contributed by atoms with Crippen LogP contribution >= 0.6 is 0 Å². The Morgan fingerprint density at radius 1 is 1.16 bits per heavy atom. The average Bonchev–Trinajstić information content (AvgIpc) is 2.98. The molecule has 4 atom stereocenters. The molecular formula is C20H28N2O3. The highest BCUT2D eigenvalue weighted by Gasteiger charge is 2.44. The third-order valence-corrected chi connectivity index (χ3v) is 5.72. The maximum atomic E-state index is 13.0. The predicted octanol–water partition coefficient (Wildman–Crippen LogP) is 2.31. The first-order valence-electron chi connectivity index (χ1n) is 9.05. The number of hydrogen-bond acceptors (Lipinski definition) is 3. The summed E-state index contributed by atoms with van der Waals surface area (Å²) in [6, 6.07) is 6.08. The number of nitrogens with one attached hydrogen (secondary N) is 1. The van der Waals surface area contributed by atoms with Crippen LogP contribution in [0.2, 0.25) is 0 Å². The number of carbonyl (C=O) groups excluding carboxylic acids is 2. The Kier molecular flexibility index (Phi) is 5.13. The maximum Gasteiger partial charge on any atom is 0.254 e. The van der Waals surface area contributed by atoms with E-state index in [1.165, 1.54) is 0 Å². The van der Waals surface area contributed by atoms with E-state index in [4.69, 9.17) is 4.74 Å². The minimum absolute atomic E-state index is 0.0215. The molecule has 25 heavy (non-hydrogen) atoms. The highest BCUT2D eigenvalue weighted by Crippen LogP contribution is 2.38. The number of aryl methyl sites for hydroxylation is 2. The Hall–Kier alpha value is -1.88. The van der Waals surface area contributed by atoms with E-state index in [1.54, 1.807) is 14.0 Å². The van der Waals surface area contributed by atoms with Crippen LogP contribution in [0.5, 0.6) is 0 Å². The van der Waals surface area contributed by atoms with Crippen molar-refractivity contribution in [3.63, 3.8) is 0 Å². The first-order chi connectivity index (χ1) is 11.9. The monoisotopic (exact) mass is 344 g/mol. The lowest BCUT2D eigenvalue weighted by molar-refractivity contribution is -0.121.